The first kappa shape index (κ1) is 15.9. The van der Waals surface area contributed by atoms with Gasteiger partial charge in [0.2, 0.25) is 0 Å². The molecule has 4 heteroatoms. The normalized spacial score (nSPS) is 21.4. The lowest BCUT2D eigenvalue weighted by molar-refractivity contribution is 0.138. The van der Waals surface area contributed by atoms with Crippen molar-refractivity contribution >= 4 is 18.5 Å². The van der Waals surface area contributed by atoms with Gasteiger partial charge < -0.3 is 14.8 Å². The minimum absolute atomic E-state index is 0. The molecule has 1 saturated heterocycles. The van der Waals surface area contributed by atoms with Crippen LogP contribution in [0.15, 0.2) is 54.6 Å². The van der Waals surface area contributed by atoms with Gasteiger partial charge in [0.05, 0.1) is 0 Å². The highest BCUT2D eigenvalue weighted by molar-refractivity contribution is 5.85. The maximum absolute atomic E-state index is 6.24. The zero-order chi connectivity index (χ0) is 14.8. The second-order valence-electron chi connectivity index (χ2n) is 5.90. The van der Waals surface area contributed by atoms with E-state index >= 15 is 0 Å². The van der Waals surface area contributed by atoms with E-state index in [0.717, 1.165) is 42.1 Å². The second-order valence-corrected chi connectivity index (χ2v) is 5.90. The lowest BCUT2D eigenvalue weighted by Gasteiger charge is -2.30. The minimum Gasteiger partial charge on any atom is -0.489 e. The summed E-state index contributed by atoms with van der Waals surface area (Å²) < 4.78 is 12.1. The Hall–Kier alpha value is -1.97. The van der Waals surface area contributed by atoms with Crippen molar-refractivity contribution in [3.05, 3.63) is 65.7 Å². The zero-order valence-electron chi connectivity index (χ0n) is 12.8. The minimum atomic E-state index is -0.176. The maximum Gasteiger partial charge on any atom is 0.141 e. The molecule has 2 aliphatic heterocycles. The van der Waals surface area contributed by atoms with Crippen molar-refractivity contribution in [2.75, 3.05) is 13.1 Å². The van der Waals surface area contributed by atoms with Crippen molar-refractivity contribution in [2.24, 2.45) is 0 Å². The molecular formula is C19H20ClNO2. The number of halogens is 1. The van der Waals surface area contributed by atoms with E-state index in [2.05, 4.69) is 35.7 Å². The number of benzene rings is 2. The third-order valence-corrected chi connectivity index (χ3v) is 4.26. The average molecular weight is 330 g/mol. The number of hydrogen-bond acceptors (Lipinski definition) is 3. The van der Waals surface area contributed by atoms with Crippen molar-refractivity contribution in [3.63, 3.8) is 0 Å². The Kier molecular flexibility index (Phi) is 4.60. The summed E-state index contributed by atoms with van der Waals surface area (Å²) in [5.74, 6) is 1.76. The van der Waals surface area contributed by atoms with Crippen molar-refractivity contribution < 1.29 is 9.47 Å². The van der Waals surface area contributed by atoms with Gasteiger partial charge in [-0.2, -0.15) is 0 Å². The molecule has 2 aromatic rings. The number of nitrogens with one attached hydrogen (secondary N) is 1. The van der Waals surface area contributed by atoms with E-state index in [4.69, 9.17) is 9.47 Å². The topological polar surface area (TPSA) is 30.5 Å². The lowest BCUT2D eigenvalue weighted by atomic mass is 9.97. The summed E-state index contributed by atoms with van der Waals surface area (Å²) in [4.78, 5) is 0. The van der Waals surface area contributed by atoms with E-state index in [0.29, 0.717) is 6.61 Å². The Morgan fingerprint density at radius 2 is 2.00 bits per heavy atom. The van der Waals surface area contributed by atoms with Crippen LogP contribution in [0.25, 0.3) is 6.08 Å². The highest BCUT2D eigenvalue weighted by Crippen LogP contribution is 2.36. The summed E-state index contributed by atoms with van der Waals surface area (Å²) in [6.07, 6.45) is 5.35. The molecule has 1 fully saturated rings. The molecule has 0 bridgehead atoms. The molecule has 120 valence electrons. The smallest absolute Gasteiger partial charge is 0.141 e. The van der Waals surface area contributed by atoms with E-state index in [1.807, 2.05) is 30.3 Å². The molecular weight excluding hydrogens is 310 g/mol. The van der Waals surface area contributed by atoms with Crippen LogP contribution in [0.1, 0.15) is 17.5 Å². The van der Waals surface area contributed by atoms with Crippen LogP contribution in [0.2, 0.25) is 0 Å². The predicted octanol–water partition coefficient (Wildman–Crippen LogP) is 3.83. The third-order valence-electron chi connectivity index (χ3n) is 4.26. The highest BCUT2D eigenvalue weighted by Gasteiger charge is 2.35. The quantitative estimate of drug-likeness (QED) is 0.928. The van der Waals surface area contributed by atoms with E-state index < -0.39 is 0 Å². The highest BCUT2D eigenvalue weighted by atomic mass is 35.5. The molecule has 2 aromatic carbocycles. The molecule has 2 aliphatic rings. The van der Waals surface area contributed by atoms with Crippen LogP contribution in [0.3, 0.4) is 0 Å². The monoisotopic (exact) mass is 329 g/mol. The Labute approximate surface area is 142 Å². The van der Waals surface area contributed by atoms with Crippen molar-refractivity contribution in [1.82, 2.24) is 5.32 Å². The van der Waals surface area contributed by atoms with E-state index in [-0.39, 0.29) is 18.0 Å². The Balaban J connectivity index is 0.00000156. The molecule has 0 saturated carbocycles. The number of ether oxygens (including phenoxy) is 2. The van der Waals surface area contributed by atoms with Crippen molar-refractivity contribution in [2.45, 2.75) is 18.6 Å². The largest absolute Gasteiger partial charge is 0.489 e. The molecule has 0 amide bonds. The molecule has 4 rings (SSSR count). The fourth-order valence-corrected chi connectivity index (χ4v) is 2.98. The summed E-state index contributed by atoms with van der Waals surface area (Å²) >= 11 is 0. The van der Waals surface area contributed by atoms with Gasteiger partial charge in [-0.15, -0.1) is 12.4 Å². The van der Waals surface area contributed by atoms with Gasteiger partial charge in [0.1, 0.15) is 23.7 Å². The summed E-state index contributed by atoms with van der Waals surface area (Å²) in [6.45, 7) is 2.45. The van der Waals surface area contributed by atoms with Crippen LogP contribution in [0, 0.1) is 0 Å². The van der Waals surface area contributed by atoms with Gasteiger partial charge >= 0.3 is 0 Å². The molecule has 3 nitrogen and oxygen atoms in total. The summed E-state index contributed by atoms with van der Waals surface area (Å²) in [5.41, 5.74) is 2.10. The van der Waals surface area contributed by atoms with Crippen molar-refractivity contribution in [3.8, 4) is 11.5 Å². The van der Waals surface area contributed by atoms with Crippen LogP contribution in [-0.4, -0.2) is 18.7 Å². The zero-order valence-corrected chi connectivity index (χ0v) is 13.6. The van der Waals surface area contributed by atoms with Crippen LogP contribution in [-0.2, 0) is 6.61 Å². The van der Waals surface area contributed by atoms with Gasteiger partial charge in [0.15, 0.2) is 0 Å². The van der Waals surface area contributed by atoms with Crippen LogP contribution < -0.4 is 14.8 Å². The molecule has 0 radical (unpaired) electrons. The molecule has 0 aromatic heterocycles. The standard InChI is InChI=1S/C19H19NO2.ClH/c1-2-4-15(5-3-1)13-21-17-7-6-16-8-9-19(10-11-20-14-19)22-18(16)12-17;/h1-9,12,20H,10-11,13-14H2;1H. The summed E-state index contributed by atoms with van der Waals surface area (Å²) in [6, 6.07) is 16.3. The van der Waals surface area contributed by atoms with Gasteiger partial charge in [-0.05, 0) is 30.3 Å². The summed E-state index contributed by atoms with van der Waals surface area (Å²) in [7, 11) is 0. The lowest BCUT2D eigenvalue weighted by Crippen LogP contribution is -2.37. The van der Waals surface area contributed by atoms with Crippen LogP contribution >= 0.6 is 12.4 Å². The van der Waals surface area contributed by atoms with Crippen LogP contribution in [0.5, 0.6) is 11.5 Å². The van der Waals surface area contributed by atoms with E-state index in [1.165, 1.54) is 0 Å². The average Bonchev–Trinajstić information content (AvgIpc) is 3.01. The number of fused-ring (bicyclic) bond motifs is 1. The molecule has 1 unspecified atom stereocenters. The first-order valence-electron chi connectivity index (χ1n) is 7.73. The Morgan fingerprint density at radius 3 is 2.78 bits per heavy atom. The maximum atomic E-state index is 6.24. The van der Waals surface area contributed by atoms with E-state index in [9.17, 15) is 0 Å². The first-order chi connectivity index (χ1) is 10.8. The number of rotatable bonds is 3. The fourth-order valence-electron chi connectivity index (χ4n) is 2.98. The summed E-state index contributed by atoms with van der Waals surface area (Å²) in [5, 5.41) is 3.37. The van der Waals surface area contributed by atoms with Gasteiger partial charge in [-0.3, -0.25) is 0 Å². The Morgan fingerprint density at radius 1 is 1.13 bits per heavy atom. The van der Waals surface area contributed by atoms with Gasteiger partial charge in [-0.1, -0.05) is 36.4 Å². The molecule has 23 heavy (non-hydrogen) atoms. The molecule has 1 N–H and O–H groups in total. The van der Waals surface area contributed by atoms with Gasteiger partial charge in [0.25, 0.3) is 0 Å². The fraction of sp³-hybridized carbons (Fsp3) is 0.263. The third kappa shape index (κ3) is 3.36. The SMILES string of the molecule is C1=CC2(CCNC2)Oc2cc(OCc3ccccc3)ccc21.Cl. The van der Waals surface area contributed by atoms with E-state index in [1.54, 1.807) is 0 Å². The Bertz CT molecular complexity index is 694. The van der Waals surface area contributed by atoms with Gasteiger partial charge in [0, 0.05) is 24.6 Å². The van der Waals surface area contributed by atoms with Crippen LogP contribution in [0.4, 0.5) is 0 Å². The van der Waals surface area contributed by atoms with Crippen molar-refractivity contribution in [1.29, 1.82) is 0 Å². The first-order valence-corrected chi connectivity index (χ1v) is 7.73. The molecule has 2 heterocycles. The second kappa shape index (κ2) is 6.65. The van der Waals surface area contributed by atoms with Gasteiger partial charge in [-0.25, -0.2) is 0 Å². The predicted molar refractivity (Wildman–Crippen MR) is 94.3 cm³/mol. The molecule has 0 aliphatic carbocycles. The number of hydrogen-bond donors (Lipinski definition) is 1. The molecule has 1 atom stereocenters. The molecule has 1 spiro atoms.